The van der Waals surface area contributed by atoms with Gasteiger partial charge in [0.2, 0.25) is 0 Å². The number of carbonyl (C=O) groups excluding carboxylic acids is 1. The molecule has 0 fully saturated rings. The summed E-state index contributed by atoms with van der Waals surface area (Å²) in [6.45, 7) is 2.00. The number of Topliss-reactive ketones (excluding diaryl/α,β-unsaturated/α-hetero) is 1. The number of nitrogens with zero attached hydrogens (tertiary/aromatic N) is 2. The quantitative estimate of drug-likeness (QED) is 0.789. The van der Waals surface area contributed by atoms with Gasteiger partial charge in [0.25, 0.3) is 0 Å². The summed E-state index contributed by atoms with van der Waals surface area (Å²) in [4.78, 5) is 17.0. The molecule has 2 heterocycles. The van der Waals surface area contributed by atoms with Crippen molar-refractivity contribution in [1.82, 2.24) is 4.98 Å². The zero-order valence-electron chi connectivity index (χ0n) is 9.96. The lowest BCUT2D eigenvalue weighted by molar-refractivity contribution is 0.0982. The van der Waals surface area contributed by atoms with Crippen LogP contribution in [0.1, 0.15) is 33.6 Å². The molecule has 1 atom stereocenters. The van der Waals surface area contributed by atoms with Crippen molar-refractivity contribution in [2.45, 2.75) is 19.3 Å². The van der Waals surface area contributed by atoms with Gasteiger partial charge in [-0.15, -0.1) is 11.3 Å². The molecule has 0 aliphatic carbocycles. The van der Waals surface area contributed by atoms with E-state index in [1.165, 1.54) is 11.3 Å². The molecule has 0 aliphatic rings. The molecule has 0 bridgehead atoms. The van der Waals surface area contributed by atoms with Crippen LogP contribution in [0, 0.1) is 11.3 Å². The first kappa shape index (κ1) is 12.5. The van der Waals surface area contributed by atoms with E-state index in [0.717, 1.165) is 12.0 Å². The second kappa shape index (κ2) is 5.56. The highest BCUT2D eigenvalue weighted by Gasteiger charge is 2.24. The molecule has 2 rings (SSSR count). The first-order chi connectivity index (χ1) is 8.77. The largest absolute Gasteiger partial charge is 0.291 e. The Morgan fingerprint density at radius 2 is 2.39 bits per heavy atom. The lowest BCUT2D eigenvalue weighted by Crippen LogP contribution is -2.11. The first-order valence-corrected chi connectivity index (χ1v) is 6.56. The minimum absolute atomic E-state index is 0.127. The van der Waals surface area contributed by atoms with Crippen molar-refractivity contribution in [3.05, 3.63) is 52.0 Å². The molecule has 0 N–H and O–H groups in total. The Balaban J connectivity index is 2.36. The fourth-order valence-corrected chi connectivity index (χ4v) is 2.76. The smallest absolute Gasteiger partial charge is 0.194 e. The summed E-state index contributed by atoms with van der Waals surface area (Å²) in [5, 5.41) is 11.1. The Kier molecular flexibility index (Phi) is 3.85. The fourth-order valence-electron chi connectivity index (χ4n) is 1.79. The number of rotatable bonds is 4. The molecule has 0 aromatic carbocycles. The summed E-state index contributed by atoms with van der Waals surface area (Å²) in [5.41, 5.74) is 1.66. The SMILES string of the molecule is CCc1ccsc1C(=O)C(C#N)c1cccnc1. The van der Waals surface area contributed by atoms with Gasteiger partial charge in [-0.25, -0.2) is 0 Å². The van der Waals surface area contributed by atoms with Crippen molar-refractivity contribution in [1.29, 1.82) is 5.26 Å². The molecule has 2 aromatic rings. The highest BCUT2D eigenvalue weighted by atomic mass is 32.1. The molecule has 2 aromatic heterocycles. The van der Waals surface area contributed by atoms with Gasteiger partial charge < -0.3 is 0 Å². The Morgan fingerprint density at radius 1 is 1.56 bits per heavy atom. The normalized spacial score (nSPS) is 11.8. The van der Waals surface area contributed by atoms with E-state index in [-0.39, 0.29) is 5.78 Å². The van der Waals surface area contributed by atoms with Gasteiger partial charge in [0.15, 0.2) is 5.78 Å². The summed E-state index contributed by atoms with van der Waals surface area (Å²) in [6.07, 6.45) is 4.01. The molecule has 0 saturated heterocycles. The van der Waals surface area contributed by atoms with Crippen LogP contribution in [-0.2, 0) is 6.42 Å². The molecular weight excluding hydrogens is 244 g/mol. The van der Waals surface area contributed by atoms with Crippen molar-refractivity contribution >= 4 is 17.1 Å². The van der Waals surface area contributed by atoms with Gasteiger partial charge in [0, 0.05) is 12.4 Å². The van der Waals surface area contributed by atoms with E-state index < -0.39 is 5.92 Å². The molecule has 0 amide bonds. The van der Waals surface area contributed by atoms with Gasteiger partial charge in [-0.3, -0.25) is 9.78 Å². The number of aryl methyl sites for hydroxylation is 1. The Labute approximate surface area is 110 Å². The molecular formula is C14H12N2OS. The molecule has 0 spiro atoms. The van der Waals surface area contributed by atoms with Crippen LogP contribution < -0.4 is 0 Å². The average molecular weight is 256 g/mol. The van der Waals surface area contributed by atoms with Crippen molar-refractivity contribution < 1.29 is 4.79 Å². The third kappa shape index (κ3) is 2.31. The minimum atomic E-state index is -0.761. The van der Waals surface area contributed by atoms with E-state index in [9.17, 15) is 10.1 Å². The Morgan fingerprint density at radius 3 is 3.00 bits per heavy atom. The molecule has 90 valence electrons. The number of hydrogen-bond acceptors (Lipinski definition) is 4. The summed E-state index contributed by atoms with van der Waals surface area (Å²) >= 11 is 1.40. The monoisotopic (exact) mass is 256 g/mol. The number of aromatic nitrogens is 1. The number of carbonyl (C=O) groups is 1. The van der Waals surface area contributed by atoms with Crippen LogP contribution in [0.3, 0.4) is 0 Å². The number of hydrogen-bond donors (Lipinski definition) is 0. The number of pyridine rings is 1. The van der Waals surface area contributed by atoms with E-state index in [1.807, 2.05) is 18.4 Å². The zero-order chi connectivity index (χ0) is 13.0. The molecule has 0 aliphatic heterocycles. The Hall–Kier alpha value is -1.99. The van der Waals surface area contributed by atoms with Crippen molar-refractivity contribution in [2.24, 2.45) is 0 Å². The maximum atomic E-state index is 12.4. The average Bonchev–Trinajstić information content (AvgIpc) is 2.89. The van der Waals surface area contributed by atoms with Gasteiger partial charge in [0.1, 0.15) is 5.92 Å². The van der Waals surface area contributed by atoms with Crippen LogP contribution in [0.25, 0.3) is 0 Å². The molecule has 1 unspecified atom stereocenters. The van der Waals surface area contributed by atoms with E-state index in [1.54, 1.807) is 24.5 Å². The molecule has 0 radical (unpaired) electrons. The fraction of sp³-hybridized carbons (Fsp3) is 0.214. The number of nitriles is 1. The van der Waals surface area contributed by atoms with Crippen molar-refractivity contribution in [2.75, 3.05) is 0 Å². The summed E-state index contributed by atoms with van der Waals surface area (Å²) in [7, 11) is 0. The van der Waals surface area contributed by atoms with Crippen LogP contribution in [0.2, 0.25) is 0 Å². The van der Waals surface area contributed by atoms with Crippen LogP contribution in [0.5, 0.6) is 0 Å². The van der Waals surface area contributed by atoms with Crippen molar-refractivity contribution in [3.8, 4) is 6.07 Å². The van der Waals surface area contributed by atoms with Gasteiger partial charge >= 0.3 is 0 Å². The van der Waals surface area contributed by atoms with E-state index >= 15 is 0 Å². The van der Waals surface area contributed by atoms with Gasteiger partial charge in [0.05, 0.1) is 10.9 Å². The molecule has 3 nitrogen and oxygen atoms in total. The Bertz CT molecular complexity index is 583. The van der Waals surface area contributed by atoms with Crippen LogP contribution in [0.15, 0.2) is 36.0 Å². The van der Waals surface area contributed by atoms with Crippen LogP contribution in [0.4, 0.5) is 0 Å². The first-order valence-electron chi connectivity index (χ1n) is 5.68. The lowest BCUT2D eigenvalue weighted by Gasteiger charge is -2.07. The zero-order valence-corrected chi connectivity index (χ0v) is 10.8. The maximum absolute atomic E-state index is 12.4. The van der Waals surface area contributed by atoms with Gasteiger partial charge in [-0.05, 0) is 35.1 Å². The van der Waals surface area contributed by atoms with E-state index in [2.05, 4.69) is 11.1 Å². The second-order valence-electron chi connectivity index (χ2n) is 3.84. The minimum Gasteiger partial charge on any atom is -0.291 e. The van der Waals surface area contributed by atoms with Crippen molar-refractivity contribution in [3.63, 3.8) is 0 Å². The lowest BCUT2D eigenvalue weighted by atomic mass is 9.95. The maximum Gasteiger partial charge on any atom is 0.194 e. The second-order valence-corrected chi connectivity index (χ2v) is 4.76. The predicted molar refractivity (Wildman–Crippen MR) is 70.6 cm³/mol. The molecule has 4 heteroatoms. The standard InChI is InChI=1S/C14H12N2OS/c1-2-10-5-7-18-14(10)13(17)12(8-15)11-4-3-6-16-9-11/h3-7,9,12H,2H2,1H3. The van der Waals surface area contributed by atoms with Crippen LogP contribution in [-0.4, -0.2) is 10.8 Å². The van der Waals surface area contributed by atoms with E-state index in [4.69, 9.17) is 0 Å². The molecule has 18 heavy (non-hydrogen) atoms. The number of thiophene rings is 1. The third-order valence-electron chi connectivity index (χ3n) is 2.76. The summed E-state index contributed by atoms with van der Waals surface area (Å²) in [5.74, 6) is -0.889. The van der Waals surface area contributed by atoms with Crippen LogP contribution >= 0.6 is 11.3 Å². The molecule has 0 saturated carbocycles. The summed E-state index contributed by atoms with van der Waals surface area (Å²) < 4.78 is 0. The third-order valence-corrected chi connectivity index (χ3v) is 3.73. The number of ketones is 1. The van der Waals surface area contributed by atoms with Gasteiger partial charge in [-0.1, -0.05) is 13.0 Å². The van der Waals surface area contributed by atoms with Gasteiger partial charge in [-0.2, -0.15) is 5.26 Å². The highest BCUT2D eigenvalue weighted by Crippen LogP contribution is 2.26. The van der Waals surface area contributed by atoms with E-state index in [0.29, 0.717) is 10.4 Å². The highest BCUT2D eigenvalue weighted by molar-refractivity contribution is 7.12. The topological polar surface area (TPSA) is 53.8 Å². The summed E-state index contributed by atoms with van der Waals surface area (Å²) in [6, 6.07) is 7.52. The predicted octanol–water partition coefficient (Wildman–Crippen LogP) is 3.20.